The number of imidazole rings is 1. The maximum atomic E-state index is 12.1. The summed E-state index contributed by atoms with van der Waals surface area (Å²) in [5, 5.41) is 14.5. The van der Waals surface area contributed by atoms with Crippen molar-refractivity contribution < 1.29 is 19.5 Å². The Hall–Kier alpha value is -2.42. The minimum Gasteiger partial charge on any atom is -0.480 e. The summed E-state index contributed by atoms with van der Waals surface area (Å²) in [6, 6.07) is -1.68. The predicted octanol–water partition coefficient (Wildman–Crippen LogP) is -1.74. The van der Waals surface area contributed by atoms with Gasteiger partial charge in [0, 0.05) is 19.4 Å². The van der Waals surface area contributed by atoms with Crippen LogP contribution in [-0.4, -0.2) is 44.9 Å². The van der Waals surface area contributed by atoms with Crippen molar-refractivity contribution in [2.75, 3.05) is 0 Å². The van der Waals surface area contributed by atoms with Crippen molar-refractivity contribution >= 4 is 17.8 Å². The summed E-state index contributed by atoms with van der Waals surface area (Å²) >= 11 is 0. The van der Waals surface area contributed by atoms with Crippen molar-refractivity contribution in [1.29, 1.82) is 0 Å². The topological polar surface area (TPSA) is 150 Å². The van der Waals surface area contributed by atoms with E-state index in [0.29, 0.717) is 13.0 Å². The SMILES string of the molecule is NC(=O)CCC(NC(=O)C1Cc2nc[nH]c2CN1)C(=O)O. The molecule has 0 spiro atoms. The third-order valence-corrected chi connectivity index (χ3v) is 3.34. The molecule has 1 aromatic heterocycles. The third-order valence-electron chi connectivity index (χ3n) is 3.34. The average molecular weight is 295 g/mol. The number of carboxylic acids is 1. The summed E-state index contributed by atoms with van der Waals surface area (Å²) in [6.07, 6.45) is 1.81. The van der Waals surface area contributed by atoms with Crippen LogP contribution in [-0.2, 0) is 27.3 Å². The van der Waals surface area contributed by atoms with E-state index in [1.165, 1.54) is 0 Å². The standard InChI is InChI=1S/C12H17N5O4/c13-10(18)2-1-6(12(20)21)17-11(19)8-3-7-9(4-14-8)16-5-15-7/h5-6,8,14H,1-4H2,(H2,13,18)(H,15,16)(H,17,19)(H,20,21). The molecule has 9 heteroatoms. The second-order valence-electron chi connectivity index (χ2n) is 4.87. The van der Waals surface area contributed by atoms with Gasteiger partial charge in [-0.15, -0.1) is 0 Å². The van der Waals surface area contributed by atoms with E-state index < -0.39 is 29.9 Å². The first kappa shape index (κ1) is 15.0. The van der Waals surface area contributed by atoms with Gasteiger partial charge in [-0.2, -0.15) is 0 Å². The molecule has 1 aromatic rings. The van der Waals surface area contributed by atoms with Gasteiger partial charge < -0.3 is 21.1 Å². The molecule has 0 bridgehead atoms. The molecule has 2 rings (SSSR count). The number of aliphatic carboxylic acids is 1. The van der Waals surface area contributed by atoms with E-state index in [1.807, 2.05) is 0 Å². The molecule has 0 aliphatic carbocycles. The van der Waals surface area contributed by atoms with E-state index in [9.17, 15) is 14.4 Å². The van der Waals surface area contributed by atoms with Crippen LogP contribution in [0.1, 0.15) is 24.2 Å². The lowest BCUT2D eigenvalue weighted by molar-refractivity contribution is -0.142. The highest BCUT2D eigenvalue weighted by Crippen LogP contribution is 2.12. The van der Waals surface area contributed by atoms with Crippen LogP contribution >= 0.6 is 0 Å². The number of H-pyrrole nitrogens is 1. The lowest BCUT2D eigenvalue weighted by Gasteiger charge is -2.24. The number of rotatable bonds is 6. The molecule has 2 atom stereocenters. The molecule has 21 heavy (non-hydrogen) atoms. The smallest absolute Gasteiger partial charge is 0.326 e. The fourth-order valence-corrected chi connectivity index (χ4v) is 2.17. The first-order valence-electron chi connectivity index (χ1n) is 6.53. The van der Waals surface area contributed by atoms with Crippen LogP contribution < -0.4 is 16.4 Å². The van der Waals surface area contributed by atoms with Gasteiger partial charge in [-0.1, -0.05) is 0 Å². The third kappa shape index (κ3) is 3.78. The molecule has 1 aliphatic heterocycles. The minimum atomic E-state index is -1.19. The Morgan fingerprint density at radius 1 is 1.52 bits per heavy atom. The van der Waals surface area contributed by atoms with Gasteiger partial charge in [0.2, 0.25) is 11.8 Å². The molecule has 2 unspecified atom stereocenters. The van der Waals surface area contributed by atoms with Crippen molar-refractivity contribution in [1.82, 2.24) is 20.6 Å². The van der Waals surface area contributed by atoms with Gasteiger partial charge in [-0.25, -0.2) is 9.78 Å². The first-order valence-corrected chi connectivity index (χ1v) is 6.53. The Labute approximate surface area is 120 Å². The summed E-state index contributed by atoms with van der Waals surface area (Å²) in [6.45, 7) is 0.465. The normalized spacial score (nSPS) is 18.6. The molecule has 0 radical (unpaired) electrons. The number of carboxylic acid groups (broad SMARTS) is 1. The van der Waals surface area contributed by atoms with Crippen molar-refractivity contribution in [3.63, 3.8) is 0 Å². The van der Waals surface area contributed by atoms with Crippen LogP contribution in [0, 0.1) is 0 Å². The quantitative estimate of drug-likeness (QED) is 0.420. The summed E-state index contributed by atoms with van der Waals surface area (Å²) in [5.74, 6) is -2.23. The van der Waals surface area contributed by atoms with E-state index in [2.05, 4.69) is 20.6 Å². The zero-order valence-corrected chi connectivity index (χ0v) is 11.3. The van der Waals surface area contributed by atoms with Gasteiger partial charge in [-0.05, 0) is 6.42 Å². The second kappa shape index (κ2) is 6.35. The van der Waals surface area contributed by atoms with Crippen LogP contribution in [0.15, 0.2) is 6.33 Å². The van der Waals surface area contributed by atoms with E-state index >= 15 is 0 Å². The number of nitrogens with two attached hydrogens (primary N) is 1. The molecule has 2 amide bonds. The molecule has 1 aliphatic rings. The van der Waals surface area contributed by atoms with Gasteiger partial charge >= 0.3 is 5.97 Å². The predicted molar refractivity (Wildman–Crippen MR) is 70.9 cm³/mol. The highest BCUT2D eigenvalue weighted by molar-refractivity contribution is 5.87. The first-order chi connectivity index (χ1) is 9.97. The number of aromatic amines is 1. The van der Waals surface area contributed by atoms with Gasteiger partial charge in [0.25, 0.3) is 0 Å². The number of nitrogens with zero attached hydrogens (tertiary/aromatic N) is 1. The summed E-state index contributed by atoms with van der Waals surface area (Å²) in [4.78, 5) is 41.0. The van der Waals surface area contributed by atoms with Crippen molar-refractivity contribution in [3.05, 3.63) is 17.7 Å². The number of hydrogen-bond donors (Lipinski definition) is 5. The fraction of sp³-hybridized carbons (Fsp3) is 0.500. The van der Waals surface area contributed by atoms with Crippen molar-refractivity contribution in [3.8, 4) is 0 Å². The molecule has 0 fully saturated rings. The van der Waals surface area contributed by atoms with E-state index in [4.69, 9.17) is 10.8 Å². The van der Waals surface area contributed by atoms with Crippen LogP contribution in [0.25, 0.3) is 0 Å². The van der Waals surface area contributed by atoms with Crippen LogP contribution in [0.4, 0.5) is 0 Å². The molecular formula is C12H17N5O4. The molecule has 114 valence electrons. The Kier molecular flexibility index (Phi) is 4.53. The minimum absolute atomic E-state index is 0.0310. The van der Waals surface area contributed by atoms with Gasteiger partial charge in [0.15, 0.2) is 0 Å². The maximum absolute atomic E-state index is 12.1. The van der Waals surface area contributed by atoms with Gasteiger partial charge in [0.05, 0.1) is 23.8 Å². The number of amides is 2. The second-order valence-corrected chi connectivity index (χ2v) is 4.87. The molecular weight excluding hydrogens is 278 g/mol. The monoisotopic (exact) mass is 295 g/mol. The molecule has 0 saturated carbocycles. The highest BCUT2D eigenvalue weighted by atomic mass is 16.4. The Bertz CT molecular complexity index is 556. The molecule has 6 N–H and O–H groups in total. The maximum Gasteiger partial charge on any atom is 0.326 e. The zero-order valence-electron chi connectivity index (χ0n) is 11.3. The highest BCUT2D eigenvalue weighted by Gasteiger charge is 2.29. The Morgan fingerprint density at radius 3 is 2.95 bits per heavy atom. The zero-order chi connectivity index (χ0) is 15.4. The number of aromatic nitrogens is 2. The van der Waals surface area contributed by atoms with Crippen LogP contribution in [0.5, 0.6) is 0 Å². The summed E-state index contributed by atoms with van der Waals surface area (Å²) in [5.41, 5.74) is 6.70. The van der Waals surface area contributed by atoms with Gasteiger partial charge in [0.1, 0.15) is 6.04 Å². The molecule has 9 nitrogen and oxygen atoms in total. The Morgan fingerprint density at radius 2 is 2.29 bits per heavy atom. The van der Waals surface area contributed by atoms with Crippen LogP contribution in [0.2, 0.25) is 0 Å². The van der Waals surface area contributed by atoms with Crippen LogP contribution in [0.3, 0.4) is 0 Å². The Balaban J connectivity index is 1.93. The van der Waals surface area contributed by atoms with Gasteiger partial charge in [-0.3, -0.25) is 14.9 Å². The number of hydrogen-bond acceptors (Lipinski definition) is 5. The van der Waals surface area contributed by atoms with E-state index in [1.54, 1.807) is 6.33 Å². The number of primary amides is 1. The van der Waals surface area contributed by atoms with Crippen molar-refractivity contribution in [2.24, 2.45) is 5.73 Å². The number of carbonyl (C=O) groups is 3. The number of fused-ring (bicyclic) bond motifs is 1. The molecule has 0 saturated heterocycles. The van der Waals surface area contributed by atoms with E-state index in [-0.39, 0.29) is 12.8 Å². The fourth-order valence-electron chi connectivity index (χ4n) is 2.17. The van der Waals surface area contributed by atoms with Crippen molar-refractivity contribution in [2.45, 2.75) is 37.9 Å². The average Bonchev–Trinajstić information content (AvgIpc) is 2.89. The lowest BCUT2D eigenvalue weighted by Crippen LogP contribution is -2.52. The molecule has 2 heterocycles. The summed E-state index contributed by atoms with van der Waals surface area (Å²) < 4.78 is 0. The molecule has 0 aromatic carbocycles. The van der Waals surface area contributed by atoms with E-state index in [0.717, 1.165) is 11.4 Å². The lowest BCUT2D eigenvalue weighted by atomic mass is 10.0. The number of carbonyl (C=O) groups excluding carboxylic acids is 2. The largest absolute Gasteiger partial charge is 0.480 e. The number of nitrogens with one attached hydrogen (secondary N) is 3. The summed E-state index contributed by atoms with van der Waals surface area (Å²) in [7, 11) is 0.